The number of carbonyl (C=O) groups is 2. The van der Waals surface area contributed by atoms with Crippen molar-refractivity contribution in [1.29, 1.82) is 0 Å². The molecule has 2 heterocycles. The minimum atomic E-state index is -0.884. The maximum absolute atomic E-state index is 12.9. The lowest BCUT2D eigenvalue weighted by molar-refractivity contribution is -0.140. The third-order valence-electron chi connectivity index (χ3n) is 4.75. The van der Waals surface area contributed by atoms with Gasteiger partial charge in [-0.05, 0) is 29.8 Å². The van der Waals surface area contributed by atoms with E-state index >= 15 is 0 Å². The van der Waals surface area contributed by atoms with Crippen molar-refractivity contribution < 1.29 is 19.1 Å². The molecule has 1 aliphatic heterocycles. The predicted octanol–water partition coefficient (Wildman–Crippen LogP) is 5.21. The van der Waals surface area contributed by atoms with Crippen LogP contribution in [0.15, 0.2) is 76.9 Å². The molecule has 146 valence electrons. The lowest BCUT2D eigenvalue weighted by atomic mass is 9.95. The summed E-state index contributed by atoms with van der Waals surface area (Å²) in [4.78, 5) is 27.1. The molecule has 0 aliphatic carbocycles. The Labute approximate surface area is 176 Å². The normalized spacial score (nSPS) is 18.4. The van der Waals surface area contributed by atoms with E-state index < -0.39 is 17.7 Å². The Morgan fingerprint density at radius 3 is 2.45 bits per heavy atom. The summed E-state index contributed by atoms with van der Waals surface area (Å²) in [5.41, 5.74) is 0.884. The molecular formula is C22H15Cl2NO4. The second kappa shape index (κ2) is 7.78. The van der Waals surface area contributed by atoms with E-state index in [0.29, 0.717) is 21.9 Å². The molecule has 1 saturated heterocycles. The lowest BCUT2D eigenvalue weighted by Gasteiger charge is -2.25. The average molecular weight is 428 g/mol. The van der Waals surface area contributed by atoms with Crippen molar-refractivity contribution in [3.63, 3.8) is 0 Å². The van der Waals surface area contributed by atoms with Crippen LogP contribution in [-0.2, 0) is 16.1 Å². The van der Waals surface area contributed by atoms with Crippen LogP contribution in [0.1, 0.15) is 22.9 Å². The molecule has 1 N–H and O–H groups in total. The zero-order valence-electron chi connectivity index (χ0n) is 15.0. The van der Waals surface area contributed by atoms with Gasteiger partial charge in [0.15, 0.2) is 0 Å². The summed E-state index contributed by atoms with van der Waals surface area (Å²) in [6, 6.07) is 15.9. The third kappa shape index (κ3) is 3.55. The molecule has 1 fully saturated rings. The number of benzene rings is 2. The summed E-state index contributed by atoms with van der Waals surface area (Å²) in [6.45, 7) is 0.0484. The number of rotatable bonds is 4. The molecule has 2 aromatic carbocycles. The molecule has 3 aromatic rings. The van der Waals surface area contributed by atoms with Crippen molar-refractivity contribution in [2.75, 3.05) is 0 Å². The Bertz CT molecular complexity index is 1110. The van der Waals surface area contributed by atoms with Gasteiger partial charge in [-0.25, -0.2) is 0 Å². The first kappa shape index (κ1) is 19.3. The molecule has 4 rings (SSSR count). The standard InChI is InChI=1S/C22H15Cl2NO4/c23-14-8-9-16(17(24)11-14)19-18(20(26)13-5-2-1-3-6-13)21(27)22(28)25(19)12-15-7-4-10-29-15/h1-11,19,26H,12H2/t19-/m1/s1. The fourth-order valence-electron chi connectivity index (χ4n) is 3.41. The van der Waals surface area contributed by atoms with Crippen molar-refractivity contribution in [3.05, 3.63) is 99.4 Å². The molecule has 0 spiro atoms. The zero-order valence-corrected chi connectivity index (χ0v) is 16.5. The smallest absolute Gasteiger partial charge is 0.296 e. The molecule has 1 atom stereocenters. The molecule has 5 nitrogen and oxygen atoms in total. The maximum Gasteiger partial charge on any atom is 0.296 e. The number of halogens is 2. The molecule has 1 aromatic heterocycles. The number of nitrogens with zero attached hydrogens (tertiary/aromatic N) is 1. The Kier molecular flexibility index (Phi) is 5.18. The molecule has 0 unspecified atom stereocenters. The van der Waals surface area contributed by atoms with Gasteiger partial charge in [0.1, 0.15) is 11.5 Å². The van der Waals surface area contributed by atoms with E-state index in [0.717, 1.165) is 0 Å². The second-order valence-electron chi connectivity index (χ2n) is 6.54. The first-order chi connectivity index (χ1) is 14.0. The van der Waals surface area contributed by atoms with E-state index in [1.165, 1.54) is 17.2 Å². The SMILES string of the molecule is O=C1C(=O)N(Cc2ccco2)[C@H](c2ccc(Cl)cc2Cl)C1=C(O)c1ccccc1. The Morgan fingerprint density at radius 2 is 1.79 bits per heavy atom. The molecule has 0 radical (unpaired) electrons. The van der Waals surface area contributed by atoms with Crippen LogP contribution < -0.4 is 0 Å². The van der Waals surface area contributed by atoms with E-state index in [4.69, 9.17) is 27.6 Å². The number of amides is 1. The van der Waals surface area contributed by atoms with E-state index in [9.17, 15) is 14.7 Å². The highest BCUT2D eigenvalue weighted by molar-refractivity contribution is 6.47. The van der Waals surface area contributed by atoms with Gasteiger partial charge in [0.05, 0.1) is 24.4 Å². The summed E-state index contributed by atoms with van der Waals surface area (Å²) >= 11 is 12.4. The van der Waals surface area contributed by atoms with Crippen LogP contribution in [-0.4, -0.2) is 21.7 Å². The fourth-order valence-corrected chi connectivity index (χ4v) is 3.92. The summed E-state index contributed by atoms with van der Waals surface area (Å²) in [5, 5.41) is 11.6. The van der Waals surface area contributed by atoms with Gasteiger partial charge in [0, 0.05) is 15.6 Å². The maximum atomic E-state index is 12.9. The minimum absolute atomic E-state index is 0.0306. The number of Topliss-reactive ketones (excluding diaryl/α,β-unsaturated/α-hetero) is 1. The van der Waals surface area contributed by atoms with Gasteiger partial charge in [-0.2, -0.15) is 0 Å². The topological polar surface area (TPSA) is 70.8 Å². The van der Waals surface area contributed by atoms with Crippen LogP contribution in [0.5, 0.6) is 0 Å². The average Bonchev–Trinajstić information content (AvgIpc) is 3.31. The van der Waals surface area contributed by atoms with Gasteiger partial charge in [0.25, 0.3) is 11.7 Å². The van der Waals surface area contributed by atoms with Crippen LogP contribution in [0.3, 0.4) is 0 Å². The van der Waals surface area contributed by atoms with Crippen molar-refractivity contribution in [3.8, 4) is 0 Å². The Hall–Kier alpha value is -3.02. The predicted molar refractivity (Wildman–Crippen MR) is 109 cm³/mol. The Balaban J connectivity index is 1.90. The van der Waals surface area contributed by atoms with Crippen molar-refractivity contribution >= 4 is 40.7 Å². The monoisotopic (exact) mass is 427 g/mol. The highest BCUT2D eigenvalue weighted by Crippen LogP contribution is 2.43. The molecule has 1 amide bonds. The first-order valence-corrected chi connectivity index (χ1v) is 9.54. The largest absolute Gasteiger partial charge is 0.507 e. The number of likely N-dealkylation sites (tertiary alicyclic amines) is 1. The van der Waals surface area contributed by atoms with Gasteiger partial charge in [-0.1, -0.05) is 59.6 Å². The van der Waals surface area contributed by atoms with Gasteiger partial charge >= 0.3 is 0 Å². The number of carbonyl (C=O) groups excluding carboxylic acids is 2. The number of furan rings is 1. The van der Waals surface area contributed by atoms with Gasteiger partial charge < -0.3 is 14.4 Å². The highest BCUT2D eigenvalue weighted by Gasteiger charge is 2.47. The van der Waals surface area contributed by atoms with Crippen molar-refractivity contribution in [1.82, 2.24) is 4.90 Å². The zero-order chi connectivity index (χ0) is 20.5. The summed E-state index contributed by atoms with van der Waals surface area (Å²) in [6.07, 6.45) is 1.49. The number of hydrogen-bond donors (Lipinski definition) is 1. The van der Waals surface area contributed by atoms with Crippen LogP contribution in [0.4, 0.5) is 0 Å². The summed E-state index contributed by atoms with van der Waals surface area (Å²) in [7, 11) is 0. The van der Waals surface area contributed by atoms with Crippen LogP contribution in [0.25, 0.3) is 5.76 Å². The Morgan fingerprint density at radius 1 is 1.03 bits per heavy atom. The van der Waals surface area contributed by atoms with Crippen LogP contribution in [0, 0.1) is 0 Å². The van der Waals surface area contributed by atoms with E-state index in [1.54, 1.807) is 54.6 Å². The number of ketones is 1. The molecule has 0 bridgehead atoms. The van der Waals surface area contributed by atoms with E-state index in [2.05, 4.69) is 0 Å². The fraction of sp³-hybridized carbons (Fsp3) is 0.0909. The number of aliphatic hydroxyl groups is 1. The van der Waals surface area contributed by atoms with Crippen molar-refractivity contribution in [2.24, 2.45) is 0 Å². The number of aliphatic hydroxyl groups excluding tert-OH is 1. The first-order valence-electron chi connectivity index (χ1n) is 8.78. The third-order valence-corrected chi connectivity index (χ3v) is 5.31. The van der Waals surface area contributed by atoms with Crippen LogP contribution >= 0.6 is 23.2 Å². The summed E-state index contributed by atoms with van der Waals surface area (Å²) in [5.74, 6) is -1.28. The lowest BCUT2D eigenvalue weighted by Crippen LogP contribution is -2.29. The van der Waals surface area contributed by atoms with Gasteiger partial charge in [-0.15, -0.1) is 0 Å². The van der Waals surface area contributed by atoms with Crippen molar-refractivity contribution in [2.45, 2.75) is 12.6 Å². The quantitative estimate of drug-likeness (QED) is 0.352. The molecule has 0 saturated carbocycles. The molecule has 29 heavy (non-hydrogen) atoms. The molecule has 7 heteroatoms. The van der Waals surface area contributed by atoms with E-state index in [1.807, 2.05) is 0 Å². The minimum Gasteiger partial charge on any atom is -0.507 e. The molecule has 1 aliphatic rings. The van der Waals surface area contributed by atoms with E-state index in [-0.39, 0.29) is 22.9 Å². The number of hydrogen-bond acceptors (Lipinski definition) is 4. The van der Waals surface area contributed by atoms with Gasteiger partial charge in [0.2, 0.25) is 0 Å². The molecular weight excluding hydrogens is 413 g/mol. The highest BCUT2D eigenvalue weighted by atomic mass is 35.5. The van der Waals surface area contributed by atoms with Crippen LogP contribution in [0.2, 0.25) is 10.0 Å². The van der Waals surface area contributed by atoms with Gasteiger partial charge in [-0.3, -0.25) is 9.59 Å². The summed E-state index contributed by atoms with van der Waals surface area (Å²) < 4.78 is 5.36. The second-order valence-corrected chi connectivity index (χ2v) is 7.38.